The van der Waals surface area contributed by atoms with E-state index >= 15 is 0 Å². The minimum atomic E-state index is -0.909. The molecule has 0 saturated heterocycles. The van der Waals surface area contributed by atoms with Gasteiger partial charge in [0.15, 0.2) is 0 Å². The van der Waals surface area contributed by atoms with E-state index in [0.717, 1.165) is 37.0 Å². The van der Waals surface area contributed by atoms with Crippen molar-refractivity contribution in [2.24, 2.45) is 23.2 Å². The van der Waals surface area contributed by atoms with E-state index in [1.165, 1.54) is 19.3 Å². The van der Waals surface area contributed by atoms with Crippen LogP contribution in [0.3, 0.4) is 0 Å². The van der Waals surface area contributed by atoms with E-state index in [9.17, 15) is 9.90 Å². The van der Waals surface area contributed by atoms with Gasteiger partial charge < -0.3 is 9.84 Å². The first-order valence-electron chi connectivity index (χ1n) is 7.86. The van der Waals surface area contributed by atoms with Gasteiger partial charge in [-0.05, 0) is 70.1 Å². The van der Waals surface area contributed by atoms with Gasteiger partial charge in [-0.2, -0.15) is 0 Å². The molecule has 4 aliphatic carbocycles. The minimum Gasteiger partial charge on any atom is -0.459 e. The molecular formula is C17H26O3. The van der Waals surface area contributed by atoms with Crippen molar-refractivity contribution < 1.29 is 14.6 Å². The number of rotatable bonds is 4. The highest BCUT2D eigenvalue weighted by molar-refractivity contribution is 5.86. The summed E-state index contributed by atoms with van der Waals surface area (Å²) in [5, 5.41) is 11.0. The molecule has 0 aromatic carbocycles. The molecule has 0 amide bonds. The van der Waals surface area contributed by atoms with E-state index in [4.69, 9.17) is 4.74 Å². The Labute approximate surface area is 121 Å². The third-order valence-corrected chi connectivity index (χ3v) is 6.01. The fraction of sp³-hybridized carbons (Fsp3) is 0.824. The number of hydrogen-bond acceptors (Lipinski definition) is 3. The zero-order chi connectivity index (χ0) is 14.5. The molecule has 4 fully saturated rings. The van der Waals surface area contributed by atoms with Crippen molar-refractivity contribution in [1.29, 1.82) is 0 Å². The number of carbonyl (C=O) groups is 1. The quantitative estimate of drug-likeness (QED) is 0.635. The summed E-state index contributed by atoms with van der Waals surface area (Å²) in [5.41, 5.74) is -0.545. The van der Waals surface area contributed by atoms with Crippen LogP contribution in [0.5, 0.6) is 0 Å². The third kappa shape index (κ3) is 2.20. The molecule has 0 aliphatic heterocycles. The zero-order valence-corrected chi connectivity index (χ0v) is 12.7. The second-order valence-electron chi connectivity index (χ2n) is 7.83. The van der Waals surface area contributed by atoms with Crippen molar-refractivity contribution in [3.63, 3.8) is 0 Å². The predicted octanol–water partition coefficient (Wildman–Crippen LogP) is 3.07. The second kappa shape index (κ2) is 4.59. The van der Waals surface area contributed by atoms with Crippen LogP contribution in [0.1, 0.15) is 52.4 Å². The van der Waals surface area contributed by atoms with Gasteiger partial charge in [-0.3, -0.25) is 0 Å². The Morgan fingerprint density at radius 3 is 2.10 bits per heavy atom. The average Bonchev–Trinajstić information content (AvgIpc) is 2.34. The van der Waals surface area contributed by atoms with Crippen molar-refractivity contribution in [1.82, 2.24) is 0 Å². The SMILES string of the molecule is C=C(C)C(=O)OCC(C)(O)C12CC3CC(CC(C3)C1)C2. The summed E-state index contributed by atoms with van der Waals surface area (Å²) >= 11 is 0. The number of carbonyl (C=O) groups excluding carboxylic acids is 1. The molecule has 3 nitrogen and oxygen atoms in total. The molecule has 0 aromatic rings. The molecule has 1 N–H and O–H groups in total. The molecule has 112 valence electrons. The van der Waals surface area contributed by atoms with Gasteiger partial charge in [0.05, 0.1) is 0 Å². The van der Waals surface area contributed by atoms with Gasteiger partial charge in [0.1, 0.15) is 12.2 Å². The van der Waals surface area contributed by atoms with Crippen LogP contribution in [0.2, 0.25) is 0 Å². The Hall–Kier alpha value is -0.830. The van der Waals surface area contributed by atoms with E-state index in [2.05, 4.69) is 6.58 Å². The lowest BCUT2D eigenvalue weighted by Crippen LogP contribution is -2.59. The van der Waals surface area contributed by atoms with Gasteiger partial charge in [-0.15, -0.1) is 0 Å². The summed E-state index contributed by atoms with van der Waals surface area (Å²) in [6, 6.07) is 0. The van der Waals surface area contributed by atoms with Crippen molar-refractivity contribution in [2.75, 3.05) is 6.61 Å². The predicted molar refractivity (Wildman–Crippen MR) is 77.0 cm³/mol. The number of ether oxygens (including phenoxy) is 1. The lowest BCUT2D eigenvalue weighted by molar-refractivity contribution is -0.195. The minimum absolute atomic E-state index is 0.0307. The second-order valence-corrected chi connectivity index (χ2v) is 7.83. The van der Waals surface area contributed by atoms with Crippen LogP contribution in [0.15, 0.2) is 12.2 Å². The highest BCUT2D eigenvalue weighted by atomic mass is 16.5. The van der Waals surface area contributed by atoms with Crippen LogP contribution >= 0.6 is 0 Å². The molecule has 20 heavy (non-hydrogen) atoms. The van der Waals surface area contributed by atoms with Crippen molar-refractivity contribution in [2.45, 2.75) is 58.0 Å². The summed E-state index contributed by atoms with van der Waals surface area (Å²) in [4.78, 5) is 11.6. The van der Waals surface area contributed by atoms with Crippen LogP contribution < -0.4 is 0 Å². The first kappa shape index (κ1) is 14.1. The van der Waals surface area contributed by atoms with Crippen molar-refractivity contribution >= 4 is 5.97 Å². The molecule has 0 aromatic heterocycles. The first-order valence-corrected chi connectivity index (χ1v) is 7.86. The number of hydrogen-bond donors (Lipinski definition) is 1. The molecule has 0 radical (unpaired) electrons. The topological polar surface area (TPSA) is 46.5 Å². The Morgan fingerprint density at radius 2 is 1.70 bits per heavy atom. The van der Waals surface area contributed by atoms with E-state index in [1.807, 2.05) is 6.92 Å². The highest BCUT2D eigenvalue weighted by Crippen LogP contribution is 2.63. The molecule has 1 atom stereocenters. The maximum Gasteiger partial charge on any atom is 0.333 e. The van der Waals surface area contributed by atoms with Gasteiger partial charge in [0.2, 0.25) is 0 Å². The van der Waals surface area contributed by atoms with Gasteiger partial charge in [0.25, 0.3) is 0 Å². The fourth-order valence-electron chi connectivity index (χ4n) is 5.25. The molecule has 4 aliphatic rings. The highest BCUT2D eigenvalue weighted by Gasteiger charge is 2.58. The summed E-state index contributed by atoms with van der Waals surface area (Å²) in [6.45, 7) is 7.20. The smallest absolute Gasteiger partial charge is 0.333 e. The summed E-state index contributed by atoms with van der Waals surface area (Å²) in [7, 11) is 0. The Kier molecular flexibility index (Phi) is 3.24. The van der Waals surface area contributed by atoms with E-state index in [-0.39, 0.29) is 12.0 Å². The van der Waals surface area contributed by atoms with E-state index in [0.29, 0.717) is 5.57 Å². The molecule has 4 saturated carbocycles. The maximum atomic E-state index is 11.6. The molecule has 4 bridgehead atoms. The van der Waals surface area contributed by atoms with E-state index in [1.54, 1.807) is 6.92 Å². The zero-order valence-electron chi connectivity index (χ0n) is 12.7. The van der Waals surface area contributed by atoms with Crippen molar-refractivity contribution in [3.8, 4) is 0 Å². The fourth-order valence-corrected chi connectivity index (χ4v) is 5.25. The summed E-state index contributed by atoms with van der Waals surface area (Å²) in [6.07, 6.45) is 7.37. The normalized spacial score (nSPS) is 41.2. The van der Waals surface area contributed by atoms with Crippen LogP contribution in [-0.2, 0) is 9.53 Å². The summed E-state index contributed by atoms with van der Waals surface area (Å²) < 4.78 is 5.27. The summed E-state index contributed by atoms with van der Waals surface area (Å²) in [5.74, 6) is 1.95. The average molecular weight is 278 g/mol. The van der Waals surface area contributed by atoms with Gasteiger partial charge in [0, 0.05) is 11.0 Å². The van der Waals surface area contributed by atoms with Gasteiger partial charge in [-0.1, -0.05) is 6.58 Å². The lowest BCUT2D eigenvalue weighted by Gasteiger charge is -2.61. The van der Waals surface area contributed by atoms with Crippen LogP contribution in [0, 0.1) is 23.2 Å². The molecule has 4 rings (SSSR count). The number of esters is 1. The molecule has 3 heteroatoms. The molecule has 1 unspecified atom stereocenters. The van der Waals surface area contributed by atoms with Gasteiger partial charge in [-0.25, -0.2) is 4.79 Å². The Bertz CT molecular complexity index is 400. The van der Waals surface area contributed by atoms with Crippen molar-refractivity contribution in [3.05, 3.63) is 12.2 Å². The maximum absolute atomic E-state index is 11.6. The standard InChI is InChI=1S/C17H26O3/c1-11(2)15(18)20-10-16(3,19)17-7-12-4-13(8-17)6-14(5-12)9-17/h12-14,19H,1,4-10H2,2-3H3. The van der Waals surface area contributed by atoms with E-state index < -0.39 is 11.6 Å². The lowest BCUT2D eigenvalue weighted by atomic mass is 9.45. The Morgan fingerprint density at radius 1 is 1.25 bits per heavy atom. The molecule has 0 spiro atoms. The number of aliphatic hydroxyl groups is 1. The van der Waals surface area contributed by atoms with Crippen LogP contribution in [0.4, 0.5) is 0 Å². The Balaban J connectivity index is 1.73. The molecule has 0 heterocycles. The first-order chi connectivity index (χ1) is 9.31. The largest absolute Gasteiger partial charge is 0.459 e. The molecular weight excluding hydrogens is 252 g/mol. The van der Waals surface area contributed by atoms with Crippen LogP contribution in [-0.4, -0.2) is 23.3 Å². The van der Waals surface area contributed by atoms with Crippen LogP contribution in [0.25, 0.3) is 0 Å². The third-order valence-electron chi connectivity index (χ3n) is 6.01. The monoisotopic (exact) mass is 278 g/mol. The van der Waals surface area contributed by atoms with Gasteiger partial charge >= 0.3 is 5.97 Å².